The van der Waals surface area contributed by atoms with Gasteiger partial charge in [-0.1, -0.05) is 43.5 Å². The van der Waals surface area contributed by atoms with E-state index in [-0.39, 0.29) is 17.9 Å². The van der Waals surface area contributed by atoms with Gasteiger partial charge in [-0.25, -0.2) is 4.79 Å². The zero-order chi connectivity index (χ0) is 30.8. The van der Waals surface area contributed by atoms with E-state index in [0.717, 1.165) is 18.8 Å². The molecule has 0 aromatic heterocycles. The van der Waals surface area contributed by atoms with Crippen LogP contribution in [0.25, 0.3) is 0 Å². The lowest BCUT2D eigenvalue weighted by Gasteiger charge is -2.31. The molecule has 1 saturated carbocycles. The molecule has 43 heavy (non-hydrogen) atoms. The maximum atomic E-state index is 13.3. The minimum absolute atomic E-state index is 0.0828. The molecule has 0 N–H and O–H groups in total. The van der Waals surface area contributed by atoms with Crippen LogP contribution in [-0.2, 0) is 30.2 Å². The number of nitro groups is 1. The number of carbonyl (C=O) groups excluding carboxylic acids is 2. The second-order valence-corrected chi connectivity index (χ2v) is 10.9. The molecule has 2 atom stereocenters. The molecule has 1 aliphatic carbocycles. The van der Waals surface area contributed by atoms with Crippen molar-refractivity contribution in [2.75, 3.05) is 26.9 Å². The molecule has 0 amide bonds. The minimum Gasteiger partial charge on any atom is -0.493 e. The van der Waals surface area contributed by atoms with Crippen LogP contribution in [0.5, 0.6) is 5.75 Å². The Hall–Kier alpha value is -4.05. The van der Waals surface area contributed by atoms with E-state index in [1.54, 1.807) is 19.9 Å². The number of esters is 2. The summed E-state index contributed by atoms with van der Waals surface area (Å²) in [6, 6.07) is 13.8. The number of non-ortho nitro benzene ring substituents is 1. The number of hydrogen-bond donors (Lipinski definition) is 0. The fourth-order valence-electron chi connectivity index (χ4n) is 5.75. The summed E-state index contributed by atoms with van der Waals surface area (Å²) in [6.45, 7) is 4.48. The third-order valence-corrected chi connectivity index (χ3v) is 7.95. The van der Waals surface area contributed by atoms with Gasteiger partial charge in [0.05, 0.1) is 43.5 Å². The Balaban J connectivity index is 1.31. The van der Waals surface area contributed by atoms with Crippen LogP contribution in [0.1, 0.15) is 69.4 Å². The molecule has 2 aromatic rings. The molecule has 2 aromatic carbocycles. The van der Waals surface area contributed by atoms with Gasteiger partial charge in [0.1, 0.15) is 11.7 Å². The minimum atomic E-state index is -0.927. The van der Waals surface area contributed by atoms with Crippen LogP contribution < -0.4 is 4.74 Å². The maximum Gasteiger partial charge on any atom is 0.336 e. The number of benzene rings is 2. The number of aliphatic imine (C=N–C) groups is 1. The van der Waals surface area contributed by atoms with Crippen molar-refractivity contribution in [2.45, 2.75) is 70.8 Å². The first-order valence-corrected chi connectivity index (χ1v) is 14.9. The highest BCUT2D eigenvalue weighted by atomic mass is 16.6. The lowest BCUT2D eigenvalue weighted by molar-refractivity contribution is -0.384. The van der Waals surface area contributed by atoms with Gasteiger partial charge < -0.3 is 18.9 Å². The van der Waals surface area contributed by atoms with E-state index < -0.39 is 28.7 Å². The molecule has 0 bridgehead atoms. The Bertz CT molecular complexity index is 1340. The monoisotopic (exact) mass is 592 g/mol. The molecule has 1 aliphatic heterocycles. The van der Waals surface area contributed by atoms with Crippen LogP contribution in [0.4, 0.5) is 5.69 Å². The summed E-state index contributed by atoms with van der Waals surface area (Å²) in [5, 5.41) is 11.4. The largest absolute Gasteiger partial charge is 0.493 e. The predicted molar refractivity (Wildman–Crippen MR) is 161 cm³/mol. The van der Waals surface area contributed by atoms with Gasteiger partial charge in [0.2, 0.25) is 0 Å². The summed E-state index contributed by atoms with van der Waals surface area (Å²) in [5.41, 5.74) is 2.48. The number of allylic oxidation sites excluding steroid dienone is 1. The number of hydrogen-bond acceptors (Lipinski definition) is 9. The van der Waals surface area contributed by atoms with Crippen LogP contribution in [-0.4, -0.2) is 55.6 Å². The summed E-state index contributed by atoms with van der Waals surface area (Å²) in [7, 11) is 1.25. The van der Waals surface area contributed by atoms with E-state index in [0.29, 0.717) is 36.1 Å². The molecular formula is C33H40N2O8. The highest BCUT2D eigenvalue weighted by Gasteiger charge is 2.42. The van der Waals surface area contributed by atoms with Crippen LogP contribution in [0, 0.1) is 16.0 Å². The molecule has 0 spiro atoms. The lowest BCUT2D eigenvalue weighted by Crippen LogP contribution is -2.36. The highest BCUT2D eigenvalue weighted by Crippen LogP contribution is 2.41. The van der Waals surface area contributed by atoms with Gasteiger partial charge in [-0.15, -0.1) is 0 Å². The standard InChI is InChI=1S/C33H40N2O8/c1-22-29(32(36)40-3)31(25-9-7-10-26(21-25)35(38)39)30(23(2)34-22)33(37)43-19-8-18-41-28-15-13-24(14-16-28)17-20-42-27-11-5-4-6-12-27/h7,9-10,13-16,21,27,29,31H,4-6,8,11-12,17-20H2,1-3H3. The molecule has 1 fully saturated rings. The molecule has 230 valence electrons. The Labute approximate surface area is 252 Å². The van der Waals surface area contributed by atoms with E-state index in [9.17, 15) is 19.7 Å². The summed E-state index contributed by atoms with van der Waals surface area (Å²) in [6.07, 6.45) is 7.88. The molecular weight excluding hydrogens is 552 g/mol. The van der Waals surface area contributed by atoms with Crippen LogP contribution in [0.15, 0.2) is 64.8 Å². The highest BCUT2D eigenvalue weighted by molar-refractivity contribution is 6.07. The maximum absolute atomic E-state index is 13.3. The zero-order valence-corrected chi connectivity index (χ0v) is 25.1. The average molecular weight is 593 g/mol. The molecule has 2 unspecified atom stereocenters. The number of nitrogens with zero attached hydrogens (tertiary/aromatic N) is 2. The van der Waals surface area contributed by atoms with Crippen molar-refractivity contribution in [3.05, 3.63) is 81.0 Å². The van der Waals surface area contributed by atoms with Crippen LogP contribution in [0.3, 0.4) is 0 Å². The summed E-state index contributed by atoms with van der Waals surface area (Å²) in [4.78, 5) is 41.5. The van der Waals surface area contributed by atoms with Gasteiger partial charge >= 0.3 is 11.9 Å². The third-order valence-electron chi connectivity index (χ3n) is 7.95. The summed E-state index contributed by atoms with van der Waals surface area (Å²) < 4.78 is 22.4. The van der Waals surface area contributed by atoms with Gasteiger partial charge in [-0.3, -0.25) is 19.9 Å². The van der Waals surface area contributed by atoms with Crippen molar-refractivity contribution in [3.63, 3.8) is 0 Å². The Kier molecular flexibility index (Phi) is 11.4. The topological polar surface area (TPSA) is 127 Å². The van der Waals surface area contributed by atoms with E-state index in [1.165, 1.54) is 63.0 Å². The van der Waals surface area contributed by atoms with Gasteiger partial charge in [0.15, 0.2) is 0 Å². The fraction of sp³-hybridized carbons (Fsp3) is 0.485. The molecule has 2 aliphatic rings. The normalized spacial score (nSPS) is 19.0. The van der Waals surface area contributed by atoms with Crippen LogP contribution in [0.2, 0.25) is 0 Å². The van der Waals surface area contributed by atoms with Crippen molar-refractivity contribution >= 4 is 23.3 Å². The first kappa shape index (κ1) is 31.9. The molecule has 1 heterocycles. The van der Waals surface area contributed by atoms with E-state index in [4.69, 9.17) is 18.9 Å². The third kappa shape index (κ3) is 8.50. The molecule has 10 nitrogen and oxygen atoms in total. The fourth-order valence-corrected chi connectivity index (χ4v) is 5.75. The van der Waals surface area contributed by atoms with E-state index in [2.05, 4.69) is 4.99 Å². The number of methoxy groups -OCH3 is 1. The van der Waals surface area contributed by atoms with Crippen molar-refractivity contribution < 1.29 is 33.5 Å². The van der Waals surface area contributed by atoms with Crippen molar-refractivity contribution in [3.8, 4) is 5.75 Å². The van der Waals surface area contributed by atoms with Gasteiger partial charge in [0, 0.05) is 35.9 Å². The van der Waals surface area contributed by atoms with Crippen molar-refractivity contribution in [2.24, 2.45) is 10.9 Å². The zero-order valence-electron chi connectivity index (χ0n) is 25.1. The molecule has 0 saturated heterocycles. The van der Waals surface area contributed by atoms with E-state index >= 15 is 0 Å². The van der Waals surface area contributed by atoms with Crippen LogP contribution >= 0.6 is 0 Å². The first-order valence-electron chi connectivity index (χ1n) is 14.9. The SMILES string of the molecule is COC(=O)C1C(C)=NC(C)=C(C(=O)OCCCOc2ccc(CCOC3CCCCC3)cc2)C1c1cccc([N+](=O)[O-])c1. The second kappa shape index (κ2) is 15.4. The Morgan fingerprint density at radius 1 is 1.00 bits per heavy atom. The molecule has 4 rings (SSSR count). The average Bonchev–Trinajstić information content (AvgIpc) is 3.01. The van der Waals surface area contributed by atoms with Crippen molar-refractivity contribution in [1.82, 2.24) is 0 Å². The number of nitro benzene ring substituents is 1. The van der Waals surface area contributed by atoms with Gasteiger partial charge in [-0.05, 0) is 56.4 Å². The lowest BCUT2D eigenvalue weighted by atomic mass is 9.75. The van der Waals surface area contributed by atoms with E-state index in [1.807, 2.05) is 24.3 Å². The van der Waals surface area contributed by atoms with Crippen molar-refractivity contribution in [1.29, 1.82) is 0 Å². The summed E-state index contributed by atoms with van der Waals surface area (Å²) in [5.74, 6) is -2.28. The smallest absolute Gasteiger partial charge is 0.336 e. The molecule has 10 heteroatoms. The second-order valence-electron chi connectivity index (χ2n) is 10.9. The number of carbonyl (C=O) groups is 2. The number of ether oxygens (including phenoxy) is 4. The Morgan fingerprint density at radius 3 is 2.44 bits per heavy atom. The quantitative estimate of drug-likeness (QED) is 0.118. The van der Waals surface area contributed by atoms with Gasteiger partial charge in [-0.2, -0.15) is 0 Å². The first-order chi connectivity index (χ1) is 20.8. The number of rotatable bonds is 13. The van der Waals surface area contributed by atoms with Gasteiger partial charge in [0.25, 0.3) is 5.69 Å². The molecule has 0 radical (unpaired) electrons. The summed E-state index contributed by atoms with van der Waals surface area (Å²) >= 11 is 0. The Morgan fingerprint density at radius 2 is 1.74 bits per heavy atom. The predicted octanol–water partition coefficient (Wildman–Crippen LogP) is 6.12.